The third-order valence-corrected chi connectivity index (χ3v) is 5.79. The predicted octanol–water partition coefficient (Wildman–Crippen LogP) is 3.36. The molecule has 3 aromatic rings. The highest BCUT2D eigenvalue weighted by Crippen LogP contribution is 2.30. The summed E-state index contributed by atoms with van der Waals surface area (Å²) in [6.45, 7) is 6.84. The zero-order valence-corrected chi connectivity index (χ0v) is 18.3. The summed E-state index contributed by atoms with van der Waals surface area (Å²) in [7, 11) is 2.04. The van der Waals surface area contributed by atoms with E-state index in [2.05, 4.69) is 45.1 Å². The van der Waals surface area contributed by atoms with Crippen LogP contribution in [0, 0.1) is 18.3 Å². The van der Waals surface area contributed by atoms with E-state index in [1.807, 2.05) is 20.9 Å². The molecule has 0 radical (unpaired) electrons. The molecule has 31 heavy (non-hydrogen) atoms. The molecule has 0 aliphatic carbocycles. The first-order valence-corrected chi connectivity index (χ1v) is 10.3. The normalized spacial score (nSPS) is 16.6. The minimum Gasteiger partial charge on any atom is -0.434 e. The third kappa shape index (κ3) is 4.29. The van der Waals surface area contributed by atoms with Crippen LogP contribution in [0.3, 0.4) is 0 Å². The number of aromatic nitrogens is 4. The Morgan fingerprint density at radius 2 is 2.10 bits per heavy atom. The van der Waals surface area contributed by atoms with Crippen LogP contribution >= 0.6 is 0 Å². The number of nitrogens with zero attached hydrogens (tertiary/aromatic N) is 6. The molecular formula is C23H27N7O. The summed E-state index contributed by atoms with van der Waals surface area (Å²) < 4.78 is 7.64. The van der Waals surface area contributed by atoms with Crippen LogP contribution in [-0.2, 0) is 18.5 Å². The number of aryl methyl sites for hydroxylation is 1. The lowest BCUT2D eigenvalue weighted by molar-refractivity contribution is 0.220. The summed E-state index contributed by atoms with van der Waals surface area (Å²) in [6.07, 6.45) is 7.96. The number of fused-ring (bicyclic) bond motifs is 1. The third-order valence-electron chi connectivity index (χ3n) is 5.79. The zero-order valence-electron chi connectivity index (χ0n) is 18.3. The first-order chi connectivity index (χ1) is 14.8. The van der Waals surface area contributed by atoms with Gasteiger partial charge < -0.3 is 10.5 Å². The summed E-state index contributed by atoms with van der Waals surface area (Å²) in [5.41, 5.74) is 11.4. The van der Waals surface area contributed by atoms with Crippen molar-refractivity contribution in [2.75, 3.05) is 7.05 Å². The smallest absolute Gasteiger partial charge is 0.238 e. The van der Waals surface area contributed by atoms with Gasteiger partial charge in [-0.3, -0.25) is 14.6 Å². The van der Waals surface area contributed by atoms with Gasteiger partial charge in [-0.1, -0.05) is 0 Å². The van der Waals surface area contributed by atoms with E-state index in [-0.39, 0.29) is 6.17 Å². The molecule has 2 N–H and O–H groups in total. The zero-order chi connectivity index (χ0) is 22.2. The molecule has 1 aliphatic heterocycles. The van der Waals surface area contributed by atoms with Crippen LogP contribution in [-0.4, -0.2) is 37.9 Å². The second-order valence-corrected chi connectivity index (χ2v) is 8.73. The van der Waals surface area contributed by atoms with Crippen molar-refractivity contribution in [3.63, 3.8) is 0 Å². The first-order valence-electron chi connectivity index (χ1n) is 10.3. The fraction of sp³-hybridized carbons (Fsp3) is 0.391. The van der Waals surface area contributed by atoms with E-state index in [0.717, 1.165) is 24.2 Å². The van der Waals surface area contributed by atoms with Gasteiger partial charge in [0.15, 0.2) is 5.75 Å². The highest BCUT2D eigenvalue weighted by atomic mass is 16.5. The van der Waals surface area contributed by atoms with Gasteiger partial charge in [-0.15, -0.1) is 0 Å². The predicted molar refractivity (Wildman–Crippen MR) is 117 cm³/mol. The Balaban J connectivity index is 1.59. The molecule has 0 amide bonds. The Labute approximate surface area is 182 Å². The Kier molecular flexibility index (Phi) is 5.48. The maximum atomic E-state index is 9.02. The van der Waals surface area contributed by atoms with Crippen LogP contribution in [0.15, 0.2) is 36.9 Å². The molecule has 1 atom stereocenters. The molecule has 1 aliphatic rings. The van der Waals surface area contributed by atoms with Gasteiger partial charge in [0.1, 0.15) is 0 Å². The number of rotatable bonds is 5. The second kappa shape index (κ2) is 8.10. The summed E-state index contributed by atoms with van der Waals surface area (Å²) in [5.74, 6) is 0.944. The number of hydrogen-bond acceptors (Lipinski definition) is 7. The molecule has 8 nitrogen and oxygen atoms in total. The molecule has 0 saturated carbocycles. The van der Waals surface area contributed by atoms with Gasteiger partial charge in [-0.05, 0) is 56.6 Å². The second-order valence-electron chi connectivity index (χ2n) is 8.73. The lowest BCUT2D eigenvalue weighted by Crippen LogP contribution is -2.44. The van der Waals surface area contributed by atoms with Gasteiger partial charge in [0, 0.05) is 18.5 Å². The van der Waals surface area contributed by atoms with Crippen molar-refractivity contribution in [1.82, 2.24) is 24.6 Å². The Morgan fingerprint density at radius 3 is 2.87 bits per heavy atom. The average Bonchev–Trinajstić information content (AvgIpc) is 3.19. The molecule has 8 heteroatoms. The van der Waals surface area contributed by atoms with Crippen molar-refractivity contribution >= 4 is 0 Å². The van der Waals surface area contributed by atoms with E-state index in [1.54, 1.807) is 29.5 Å². The molecule has 0 spiro atoms. The minimum atomic E-state index is -0.416. The number of likely N-dealkylation sites (N-methyl/N-ethyl adjacent to an activating group) is 1. The van der Waals surface area contributed by atoms with E-state index in [9.17, 15) is 0 Å². The molecule has 0 saturated heterocycles. The summed E-state index contributed by atoms with van der Waals surface area (Å²) >= 11 is 0. The maximum Gasteiger partial charge on any atom is 0.238 e. The van der Waals surface area contributed by atoms with Crippen molar-refractivity contribution in [3.05, 3.63) is 53.6 Å². The summed E-state index contributed by atoms with van der Waals surface area (Å²) in [5, 5.41) is 13.3. The average molecular weight is 418 g/mol. The summed E-state index contributed by atoms with van der Waals surface area (Å²) in [6, 6.07) is 6.49. The highest BCUT2D eigenvalue weighted by molar-refractivity contribution is 5.63. The number of nitriles is 1. The molecule has 1 aromatic carbocycles. The molecule has 2 aromatic heterocycles. The van der Waals surface area contributed by atoms with Crippen molar-refractivity contribution in [2.45, 2.75) is 51.9 Å². The lowest BCUT2D eigenvalue weighted by Gasteiger charge is -2.32. The Bertz CT molecular complexity index is 1150. The molecular weight excluding hydrogens is 390 g/mol. The highest BCUT2D eigenvalue weighted by Gasteiger charge is 2.23. The van der Waals surface area contributed by atoms with Gasteiger partial charge in [0.05, 0.1) is 54.7 Å². The molecule has 0 bridgehead atoms. The molecule has 160 valence electrons. The van der Waals surface area contributed by atoms with Crippen LogP contribution in [0.2, 0.25) is 0 Å². The Morgan fingerprint density at radius 1 is 1.29 bits per heavy atom. The van der Waals surface area contributed by atoms with Crippen molar-refractivity contribution in [1.29, 1.82) is 5.26 Å². The molecule has 4 rings (SSSR count). The van der Waals surface area contributed by atoms with E-state index in [4.69, 9.17) is 15.7 Å². The molecule has 0 fully saturated rings. The van der Waals surface area contributed by atoms with Crippen LogP contribution in [0.1, 0.15) is 37.0 Å². The minimum absolute atomic E-state index is 0.0487. The van der Waals surface area contributed by atoms with Gasteiger partial charge >= 0.3 is 0 Å². The largest absolute Gasteiger partial charge is 0.434 e. The van der Waals surface area contributed by atoms with Gasteiger partial charge in [0.25, 0.3) is 0 Å². The van der Waals surface area contributed by atoms with Gasteiger partial charge in [-0.25, -0.2) is 4.98 Å². The Hall–Kier alpha value is -3.28. The van der Waals surface area contributed by atoms with E-state index in [1.165, 1.54) is 16.7 Å². The topological polar surface area (TPSA) is 106 Å². The fourth-order valence-corrected chi connectivity index (χ4v) is 3.84. The molecule has 3 heterocycles. The van der Waals surface area contributed by atoms with Gasteiger partial charge in [0.2, 0.25) is 5.88 Å². The van der Waals surface area contributed by atoms with E-state index >= 15 is 0 Å². The quantitative estimate of drug-likeness (QED) is 0.678. The fourth-order valence-electron chi connectivity index (χ4n) is 3.84. The lowest BCUT2D eigenvalue weighted by atomic mass is 9.91. The van der Waals surface area contributed by atoms with E-state index < -0.39 is 5.54 Å². The number of nitrogens with two attached hydrogens (primary N) is 1. The SMILES string of the molecule is Cc1cc(-c2cncc(Oc3cnn(C(C)(C)CC#N)c3)n2)cc2c1CC(N)N(C)C2. The van der Waals surface area contributed by atoms with Crippen LogP contribution < -0.4 is 10.5 Å². The van der Waals surface area contributed by atoms with Crippen LogP contribution in [0.4, 0.5) is 0 Å². The standard InChI is InChI=1S/C23H27N7O/c1-15-7-16(8-17-13-29(4)21(25)9-19(15)17)20-11-26-12-22(28-20)31-18-10-27-30(14-18)23(2,3)5-6-24/h7-8,10-12,14,21H,5,9,13,25H2,1-4H3. The van der Waals surface area contributed by atoms with Crippen LogP contribution in [0.25, 0.3) is 11.3 Å². The number of hydrogen-bond donors (Lipinski definition) is 1. The molecule has 1 unspecified atom stereocenters. The number of benzene rings is 1. The summed E-state index contributed by atoms with van der Waals surface area (Å²) in [4.78, 5) is 11.1. The number of ether oxygens (including phenoxy) is 1. The van der Waals surface area contributed by atoms with Crippen molar-refractivity contribution < 1.29 is 4.74 Å². The van der Waals surface area contributed by atoms with Crippen LogP contribution in [0.5, 0.6) is 11.6 Å². The maximum absolute atomic E-state index is 9.02. The van der Waals surface area contributed by atoms with Gasteiger partial charge in [-0.2, -0.15) is 10.4 Å². The first kappa shape index (κ1) is 21.0. The van der Waals surface area contributed by atoms with Crippen molar-refractivity contribution in [3.8, 4) is 29.0 Å². The monoisotopic (exact) mass is 417 g/mol. The van der Waals surface area contributed by atoms with Crippen molar-refractivity contribution in [2.24, 2.45) is 5.73 Å². The van der Waals surface area contributed by atoms with E-state index in [0.29, 0.717) is 18.1 Å².